The molecule has 19 heteroatoms. The molecule has 4 heterocycles. The lowest BCUT2D eigenvalue weighted by Gasteiger charge is -2.21. The molecule has 6 rings (SSSR count). The Balaban J connectivity index is 0.000000252. The summed E-state index contributed by atoms with van der Waals surface area (Å²) in [5, 5.41) is 43.9. The van der Waals surface area contributed by atoms with Crippen LogP contribution >= 0.6 is 0 Å². The molecule has 0 aliphatic rings. The summed E-state index contributed by atoms with van der Waals surface area (Å²) in [5.74, 6) is -1.65. The molecular weight excluding hydrogens is 717 g/mol. The summed E-state index contributed by atoms with van der Waals surface area (Å²) in [6.45, 7) is 5.30. The summed E-state index contributed by atoms with van der Waals surface area (Å²) >= 11 is 0. The first-order chi connectivity index (χ1) is 26.4. The number of carbonyl (C=O) groups is 3. The topological polar surface area (TPSA) is 300 Å². The molecule has 0 aliphatic carbocycles. The van der Waals surface area contributed by atoms with Crippen molar-refractivity contribution in [3.63, 3.8) is 0 Å². The van der Waals surface area contributed by atoms with Crippen LogP contribution in [0.15, 0.2) is 85.5 Å². The zero-order chi connectivity index (χ0) is 39.6. The van der Waals surface area contributed by atoms with Crippen molar-refractivity contribution >= 4 is 46.5 Å². The van der Waals surface area contributed by atoms with Crippen molar-refractivity contribution in [1.82, 2.24) is 40.0 Å². The number of aromatic nitrogens is 8. The quantitative estimate of drug-likeness (QED) is 0.104. The Morgan fingerprint density at radius 1 is 0.679 bits per heavy atom. The van der Waals surface area contributed by atoms with Crippen LogP contribution in [0.4, 0.5) is 28.8 Å². The smallest absolute Gasteiger partial charge is 0.252 e. The molecule has 0 saturated heterocycles. The highest BCUT2D eigenvalue weighted by Crippen LogP contribution is 2.27. The Kier molecular flexibility index (Phi) is 13.1. The number of nitrogens with zero attached hydrogens (tertiary/aromatic N) is 10. The highest BCUT2D eigenvalue weighted by molar-refractivity contribution is 6.00. The number of anilines is 5. The Labute approximate surface area is 321 Å². The van der Waals surface area contributed by atoms with Gasteiger partial charge in [-0.25, -0.2) is 9.97 Å². The summed E-state index contributed by atoms with van der Waals surface area (Å²) in [6, 6.07) is 20.3. The van der Waals surface area contributed by atoms with Gasteiger partial charge in [0.25, 0.3) is 11.8 Å². The molecular formula is C37H38N16O3. The SMILES string of the molecule is C.CC(C)[C@@H](Nc1nc(Nc2cccc(-n3nccn3)c2)c(C(N)=O)cc1C#N)C(N)=O.Cc1nc(Nc2cccc(-n3nccn3)c2)c(C(N)=O)cc1C#N. The highest BCUT2D eigenvalue weighted by atomic mass is 16.2. The van der Waals surface area contributed by atoms with Gasteiger partial charge in [0.15, 0.2) is 0 Å². The van der Waals surface area contributed by atoms with Crippen LogP contribution in [0.1, 0.15) is 58.8 Å². The molecule has 3 amide bonds. The van der Waals surface area contributed by atoms with Gasteiger partial charge in [-0.2, -0.15) is 40.5 Å². The monoisotopic (exact) mass is 754 g/mol. The number of primary amides is 3. The summed E-state index contributed by atoms with van der Waals surface area (Å²) < 4.78 is 0. The van der Waals surface area contributed by atoms with E-state index < -0.39 is 23.8 Å². The van der Waals surface area contributed by atoms with E-state index >= 15 is 0 Å². The van der Waals surface area contributed by atoms with Crippen LogP contribution in [-0.2, 0) is 4.79 Å². The van der Waals surface area contributed by atoms with Gasteiger partial charge in [-0.3, -0.25) is 14.4 Å². The minimum atomic E-state index is -0.766. The number of aryl methyl sites for hydroxylation is 1. The predicted octanol–water partition coefficient (Wildman–Crippen LogP) is 3.62. The predicted molar refractivity (Wildman–Crippen MR) is 207 cm³/mol. The lowest BCUT2D eigenvalue weighted by atomic mass is 10.0. The van der Waals surface area contributed by atoms with Crippen LogP contribution in [0.3, 0.4) is 0 Å². The van der Waals surface area contributed by atoms with Crippen molar-refractivity contribution in [2.45, 2.75) is 34.2 Å². The Morgan fingerprint density at radius 3 is 1.54 bits per heavy atom. The van der Waals surface area contributed by atoms with Crippen molar-refractivity contribution in [3.8, 4) is 23.5 Å². The van der Waals surface area contributed by atoms with E-state index in [1.165, 1.54) is 21.7 Å². The van der Waals surface area contributed by atoms with E-state index in [0.29, 0.717) is 34.1 Å². The molecule has 9 N–H and O–H groups in total. The fourth-order valence-corrected chi connectivity index (χ4v) is 5.09. The third-order valence-corrected chi connectivity index (χ3v) is 7.79. The third-order valence-electron chi connectivity index (χ3n) is 7.79. The second-order valence-electron chi connectivity index (χ2n) is 12.0. The van der Waals surface area contributed by atoms with Crippen molar-refractivity contribution in [2.75, 3.05) is 16.0 Å². The minimum Gasteiger partial charge on any atom is -0.368 e. The van der Waals surface area contributed by atoms with E-state index in [9.17, 15) is 19.6 Å². The number of amides is 3. The van der Waals surface area contributed by atoms with E-state index in [-0.39, 0.29) is 41.7 Å². The third kappa shape index (κ3) is 9.61. The van der Waals surface area contributed by atoms with E-state index in [2.05, 4.69) is 46.3 Å². The van der Waals surface area contributed by atoms with Crippen molar-refractivity contribution < 1.29 is 14.4 Å². The average molecular weight is 755 g/mol. The molecule has 56 heavy (non-hydrogen) atoms. The van der Waals surface area contributed by atoms with Gasteiger partial charge >= 0.3 is 0 Å². The van der Waals surface area contributed by atoms with E-state index in [1.54, 1.807) is 75.9 Å². The van der Waals surface area contributed by atoms with Crippen LogP contribution in [0.25, 0.3) is 11.4 Å². The Bertz CT molecular complexity index is 2430. The van der Waals surface area contributed by atoms with Crippen molar-refractivity contribution in [1.29, 1.82) is 10.5 Å². The normalized spacial score (nSPS) is 10.8. The maximum atomic E-state index is 12.0. The first-order valence-corrected chi connectivity index (χ1v) is 16.4. The number of hydrogen-bond acceptors (Lipinski definition) is 14. The van der Waals surface area contributed by atoms with Crippen LogP contribution in [-0.4, -0.2) is 63.7 Å². The first-order valence-electron chi connectivity index (χ1n) is 16.4. The molecule has 0 fully saturated rings. The molecule has 0 radical (unpaired) electrons. The zero-order valence-electron chi connectivity index (χ0n) is 29.7. The van der Waals surface area contributed by atoms with Crippen LogP contribution in [0, 0.1) is 35.5 Å². The fourth-order valence-electron chi connectivity index (χ4n) is 5.09. The molecule has 0 aliphatic heterocycles. The largest absolute Gasteiger partial charge is 0.368 e. The lowest BCUT2D eigenvalue weighted by molar-refractivity contribution is -0.119. The highest BCUT2D eigenvalue weighted by Gasteiger charge is 2.23. The van der Waals surface area contributed by atoms with Gasteiger partial charge < -0.3 is 33.2 Å². The van der Waals surface area contributed by atoms with Crippen LogP contribution in [0.5, 0.6) is 0 Å². The summed E-state index contributed by atoms with van der Waals surface area (Å²) in [7, 11) is 0. The number of rotatable bonds is 12. The van der Waals surface area contributed by atoms with Crippen LogP contribution in [0.2, 0.25) is 0 Å². The van der Waals surface area contributed by atoms with Crippen molar-refractivity contribution in [2.24, 2.45) is 23.1 Å². The summed E-state index contributed by atoms with van der Waals surface area (Å²) in [5.41, 5.74) is 20.1. The van der Waals surface area contributed by atoms with Gasteiger partial charge in [0, 0.05) is 11.4 Å². The Morgan fingerprint density at radius 2 is 1.12 bits per heavy atom. The fraction of sp³-hybridized carbons (Fsp3) is 0.162. The van der Waals surface area contributed by atoms with E-state index in [1.807, 2.05) is 30.3 Å². The first kappa shape index (κ1) is 40.6. The molecule has 0 saturated carbocycles. The Hall–Kier alpha value is -8.19. The number of nitrogens with one attached hydrogen (secondary N) is 3. The molecule has 6 aromatic rings. The maximum absolute atomic E-state index is 12.0. The molecule has 0 unspecified atom stereocenters. The maximum Gasteiger partial charge on any atom is 0.252 e. The van der Waals surface area contributed by atoms with Crippen LogP contribution < -0.4 is 33.2 Å². The number of benzene rings is 2. The molecule has 19 nitrogen and oxygen atoms in total. The number of hydrogen-bond donors (Lipinski definition) is 6. The molecule has 1 atom stereocenters. The second kappa shape index (κ2) is 18.0. The zero-order valence-corrected chi connectivity index (χ0v) is 29.7. The number of pyridine rings is 2. The second-order valence-corrected chi connectivity index (χ2v) is 12.0. The molecule has 2 aromatic carbocycles. The molecule has 284 valence electrons. The standard InChI is InChI=1S/C20H21N9O2.C16H13N7O.CH4/c1-11(2)16(18(23)31)27-19-12(10-21)8-15(17(22)30)20(28-19)26-13-4-3-5-14(9-13)29-24-6-7-25-29;1-10-11(9-17)7-14(15(18)24)16(21-10)22-12-3-2-4-13(8-12)23-19-5-6-20-23;/h3-9,11,16H,1-2H3,(H2,22,30)(H2,23,31)(H2,26,27,28);2-8H,1H3,(H2,18,24)(H,21,22);1H4/t16-;;/m1../s1. The van der Waals surface area contributed by atoms with Gasteiger partial charge in [0.1, 0.15) is 35.6 Å². The molecule has 0 bridgehead atoms. The number of nitriles is 2. The summed E-state index contributed by atoms with van der Waals surface area (Å²) in [6.07, 6.45) is 6.26. The minimum absolute atomic E-state index is 0. The van der Waals surface area contributed by atoms with Gasteiger partial charge in [-0.1, -0.05) is 33.4 Å². The van der Waals surface area contributed by atoms with E-state index in [0.717, 1.165) is 5.69 Å². The van der Waals surface area contributed by atoms with Crippen molar-refractivity contribution in [3.05, 3.63) is 113 Å². The average Bonchev–Trinajstić information content (AvgIpc) is 3.90. The number of nitrogens with two attached hydrogens (primary N) is 3. The molecule has 0 spiro atoms. The van der Waals surface area contributed by atoms with E-state index in [4.69, 9.17) is 22.5 Å². The lowest BCUT2D eigenvalue weighted by Crippen LogP contribution is -2.40. The summed E-state index contributed by atoms with van der Waals surface area (Å²) in [4.78, 5) is 47.0. The number of carbonyl (C=O) groups excluding carboxylic acids is 3. The van der Waals surface area contributed by atoms with Gasteiger partial charge in [-0.05, 0) is 61.4 Å². The molecule has 4 aromatic heterocycles. The van der Waals surface area contributed by atoms with Gasteiger partial charge in [0.05, 0.1) is 64.1 Å². The van der Waals surface area contributed by atoms with Gasteiger partial charge in [-0.15, -0.1) is 0 Å². The van der Waals surface area contributed by atoms with Gasteiger partial charge in [0.2, 0.25) is 5.91 Å².